The number of ether oxygens (including phenoxy) is 1. The molecule has 6 heteroatoms. The number of carbonyl (C=O) groups excluding carboxylic acids is 2. The van der Waals surface area contributed by atoms with E-state index in [0.717, 1.165) is 11.1 Å². The summed E-state index contributed by atoms with van der Waals surface area (Å²) in [4.78, 5) is 26.2. The number of likely N-dealkylation sites (N-methyl/N-ethyl adjacent to an activating group) is 1. The normalized spacial score (nSPS) is 11.5. The van der Waals surface area contributed by atoms with Crippen LogP contribution in [0.1, 0.15) is 18.1 Å². The Bertz CT molecular complexity index is 745. The first kappa shape index (κ1) is 19.4. The predicted molar refractivity (Wildman–Crippen MR) is 97.2 cm³/mol. The zero-order valence-electron chi connectivity index (χ0n) is 15.2. The SMILES string of the molecule is CNC(=O)[C@@H](C)N(Cc1ccc(C)cc1)C(=O)COc1ccc(F)cc1. The first-order chi connectivity index (χ1) is 12.4. The Morgan fingerprint density at radius 1 is 1.12 bits per heavy atom. The summed E-state index contributed by atoms with van der Waals surface area (Å²) in [6.07, 6.45) is 0. The van der Waals surface area contributed by atoms with E-state index in [1.165, 1.54) is 36.2 Å². The zero-order chi connectivity index (χ0) is 19.1. The van der Waals surface area contributed by atoms with E-state index in [2.05, 4.69) is 5.32 Å². The molecular weight excluding hydrogens is 335 g/mol. The summed E-state index contributed by atoms with van der Waals surface area (Å²) in [6, 6.07) is 12.5. The molecule has 138 valence electrons. The Kier molecular flexibility index (Phi) is 6.72. The summed E-state index contributed by atoms with van der Waals surface area (Å²) < 4.78 is 18.4. The molecule has 26 heavy (non-hydrogen) atoms. The highest BCUT2D eigenvalue weighted by Crippen LogP contribution is 2.14. The van der Waals surface area contributed by atoms with E-state index in [1.54, 1.807) is 6.92 Å². The molecule has 2 aromatic carbocycles. The van der Waals surface area contributed by atoms with Crippen LogP contribution in [0.4, 0.5) is 4.39 Å². The van der Waals surface area contributed by atoms with E-state index in [1.807, 2.05) is 31.2 Å². The van der Waals surface area contributed by atoms with Crippen LogP contribution in [0.5, 0.6) is 5.75 Å². The topological polar surface area (TPSA) is 58.6 Å². The molecule has 0 fully saturated rings. The van der Waals surface area contributed by atoms with Crippen LogP contribution in [-0.2, 0) is 16.1 Å². The number of amides is 2. The summed E-state index contributed by atoms with van der Waals surface area (Å²) in [7, 11) is 1.53. The number of nitrogens with zero attached hydrogens (tertiary/aromatic N) is 1. The van der Waals surface area contributed by atoms with Crippen molar-refractivity contribution < 1.29 is 18.7 Å². The summed E-state index contributed by atoms with van der Waals surface area (Å²) in [5.41, 5.74) is 2.03. The second-order valence-electron chi connectivity index (χ2n) is 6.04. The summed E-state index contributed by atoms with van der Waals surface area (Å²) in [5, 5.41) is 2.56. The molecule has 0 saturated heterocycles. The number of halogens is 1. The highest BCUT2D eigenvalue weighted by atomic mass is 19.1. The van der Waals surface area contributed by atoms with Crippen LogP contribution in [0.3, 0.4) is 0 Å². The van der Waals surface area contributed by atoms with Crippen LogP contribution < -0.4 is 10.1 Å². The fourth-order valence-electron chi connectivity index (χ4n) is 2.44. The van der Waals surface area contributed by atoms with Gasteiger partial charge in [0.15, 0.2) is 6.61 Å². The minimum atomic E-state index is -0.648. The molecule has 0 unspecified atom stereocenters. The van der Waals surface area contributed by atoms with Gasteiger partial charge in [-0.25, -0.2) is 4.39 Å². The van der Waals surface area contributed by atoms with E-state index in [4.69, 9.17) is 4.74 Å². The lowest BCUT2D eigenvalue weighted by atomic mass is 10.1. The van der Waals surface area contributed by atoms with Gasteiger partial charge in [-0.1, -0.05) is 29.8 Å². The smallest absolute Gasteiger partial charge is 0.261 e. The van der Waals surface area contributed by atoms with Crippen molar-refractivity contribution >= 4 is 11.8 Å². The Labute approximate surface area is 152 Å². The first-order valence-corrected chi connectivity index (χ1v) is 8.35. The van der Waals surface area contributed by atoms with Crippen LogP contribution in [0, 0.1) is 12.7 Å². The van der Waals surface area contributed by atoms with Crippen molar-refractivity contribution in [2.45, 2.75) is 26.4 Å². The minimum Gasteiger partial charge on any atom is -0.484 e. The van der Waals surface area contributed by atoms with Crippen LogP contribution in [0.25, 0.3) is 0 Å². The molecule has 0 heterocycles. The van der Waals surface area contributed by atoms with E-state index in [9.17, 15) is 14.0 Å². The molecule has 5 nitrogen and oxygen atoms in total. The lowest BCUT2D eigenvalue weighted by Gasteiger charge is -2.28. The summed E-state index contributed by atoms with van der Waals surface area (Å²) >= 11 is 0. The number of nitrogens with one attached hydrogen (secondary N) is 1. The van der Waals surface area contributed by atoms with Crippen molar-refractivity contribution in [1.82, 2.24) is 10.2 Å². The molecular formula is C20H23FN2O3. The highest BCUT2D eigenvalue weighted by Gasteiger charge is 2.25. The molecule has 0 aliphatic rings. The molecule has 1 atom stereocenters. The molecule has 2 aromatic rings. The Morgan fingerprint density at radius 3 is 2.31 bits per heavy atom. The minimum absolute atomic E-state index is 0.237. The average Bonchev–Trinajstić information content (AvgIpc) is 2.65. The Balaban J connectivity index is 2.10. The van der Waals surface area contributed by atoms with Gasteiger partial charge >= 0.3 is 0 Å². The molecule has 0 aliphatic carbocycles. The van der Waals surface area contributed by atoms with E-state index in [-0.39, 0.29) is 24.2 Å². The predicted octanol–water partition coefficient (Wildman–Crippen LogP) is 2.68. The second kappa shape index (κ2) is 8.99. The number of hydrogen-bond acceptors (Lipinski definition) is 3. The third-order valence-electron chi connectivity index (χ3n) is 4.06. The van der Waals surface area contributed by atoms with E-state index < -0.39 is 6.04 Å². The van der Waals surface area contributed by atoms with Crippen LogP contribution in [0.2, 0.25) is 0 Å². The van der Waals surface area contributed by atoms with Gasteiger partial charge in [0.05, 0.1) is 0 Å². The van der Waals surface area contributed by atoms with Crippen LogP contribution in [0.15, 0.2) is 48.5 Å². The number of hydrogen-bond donors (Lipinski definition) is 1. The summed E-state index contributed by atoms with van der Waals surface area (Å²) in [6.45, 7) is 3.71. The van der Waals surface area contributed by atoms with Crippen LogP contribution in [-0.4, -0.2) is 36.4 Å². The quantitative estimate of drug-likeness (QED) is 0.828. The van der Waals surface area contributed by atoms with Gasteiger partial charge in [-0.3, -0.25) is 9.59 Å². The molecule has 0 aliphatic heterocycles. The molecule has 1 N–H and O–H groups in total. The third kappa shape index (κ3) is 5.31. The number of rotatable bonds is 7. The number of aryl methyl sites for hydroxylation is 1. The van der Waals surface area contributed by atoms with Gasteiger partial charge in [0.25, 0.3) is 5.91 Å². The fourth-order valence-corrected chi connectivity index (χ4v) is 2.44. The van der Waals surface area contributed by atoms with Gasteiger partial charge in [0, 0.05) is 13.6 Å². The van der Waals surface area contributed by atoms with Gasteiger partial charge in [0.2, 0.25) is 5.91 Å². The maximum atomic E-state index is 12.9. The second-order valence-corrected chi connectivity index (χ2v) is 6.04. The van der Waals surface area contributed by atoms with Crippen molar-refractivity contribution in [3.8, 4) is 5.75 Å². The van der Waals surface area contributed by atoms with E-state index >= 15 is 0 Å². The first-order valence-electron chi connectivity index (χ1n) is 8.35. The van der Waals surface area contributed by atoms with E-state index in [0.29, 0.717) is 12.3 Å². The van der Waals surface area contributed by atoms with Crippen molar-refractivity contribution in [3.05, 3.63) is 65.5 Å². The lowest BCUT2D eigenvalue weighted by molar-refractivity contribution is -0.142. The summed E-state index contributed by atoms with van der Waals surface area (Å²) in [5.74, 6) is -0.571. The molecule has 2 rings (SSSR count). The maximum absolute atomic E-state index is 12.9. The molecule has 0 bridgehead atoms. The highest BCUT2D eigenvalue weighted by molar-refractivity contribution is 5.87. The van der Waals surface area contributed by atoms with Gasteiger partial charge < -0.3 is 15.0 Å². The zero-order valence-corrected chi connectivity index (χ0v) is 15.2. The molecule has 0 aromatic heterocycles. The number of carbonyl (C=O) groups is 2. The fraction of sp³-hybridized carbons (Fsp3) is 0.300. The maximum Gasteiger partial charge on any atom is 0.261 e. The molecule has 0 saturated carbocycles. The van der Waals surface area contributed by atoms with Crippen molar-refractivity contribution in [2.24, 2.45) is 0 Å². The molecule has 0 radical (unpaired) electrons. The van der Waals surface area contributed by atoms with Gasteiger partial charge in [0.1, 0.15) is 17.6 Å². The van der Waals surface area contributed by atoms with Gasteiger partial charge in [-0.2, -0.15) is 0 Å². The van der Waals surface area contributed by atoms with Gasteiger partial charge in [-0.05, 0) is 43.7 Å². The third-order valence-corrected chi connectivity index (χ3v) is 4.06. The Morgan fingerprint density at radius 2 is 1.73 bits per heavy atom. The largest absolute Gasteiger partial charge is 0.484 e. The van der Waals surface area contributed by atoms with Crippen molar-refractivity contribution in [1.29, 1.82) is 0 Å². The number of benzene rings is 2. The standard InChI is InChI=1S/C20H23FN2O3/c1-14-4-6-16(7-5-14)12-23(15(2)20(25)22-3)19(24)13-26-18-10-8-17(21)9-11-18/h4-11,15H,12-13H2,1-3H3,(H,22,25)/t15-/m1/s1. The molecule has 2 amide bonds. The lowest BCUT2D eigenvalue weighted by Crippen LogP contribution is -2.48. The van der Waals surface area contributed by atoms with Crippen LogP contribution >= 0.6 is 0 Å². The average molecular weight is 358 g/mol. The van der Waals surface area contributed by atoms with Gasteiger partial charge in [-0.15, -0.1) is 0 Å². The molecule has 0 spiro atoms. The van der Waals surface area contributed by atoms with Crippen molar-refractivity contribution in [2.75, 3.05) is 13.7 Å². The van der Waals surface area contributed by atoms with Crippen molar-refractivity contribution in [3.63, 3.8) is 0 Å². The monoisotopic (exact) mass is 358 g/mol. The Hall–Kier alpha value is -2.89.